The molecule has 3 nitrogen and oxygen atoms in total. The lowest BCUT2D eigenvalue weighted by Crippen LogP contribution is -2.33. The van der Waals surface area contributed by atoms with Crippen molar-refractivity contribution >= 4 is 22.9 Å². The van der Waals surface area contributed by atoms with Gasteiger partial charge in [-0.25, -0.2) is 0 Å². The van der Waals surface area contributed by atoms with Crippen molar-refractivity contribution in [2.75, 3.05) is 18.1 Å². The van der Waals surface area contributed by atoms with Crippen molar-refractivity contribution in [3.8, 4) is 0 Å². The second-order valence-electron chi connectivity index (χ2n) is 4.37. The van der Waals surface area contributed by atoms with Crippen molar-refractivity contribution in [3.05, 3.63) is 29.3 Å². The second kappa shape index (κ2) is 5.98. The van der Waals surface area contributed by atoms with E-state index >= 15 is 0 Å². The molecule has 0 aliphatic carbocycles. The number of nitrogens with two attached hydrogens (primary N) is 1. The Hall–Kier alpha value is -1.13. The first-order chi connectivity index (χ1) is 7.97. The summed E-state index contributed by atoms with van der Waals surface area (Å²) < 4.78 is 0. The highest BCUT2D eigenvalue weighted by Crippen LogP contribution is 2.21. The fourth-order valence-corrected chi connectivity index (χ4v) is 2.13. The van der Waals surface area contributed by atoms with E-state index in [0.29, 0.717) is 17.6 Å². The Morgan fingerprint density at radius 3 is 2.53 bits per heavy atom. The minimum Gasteiger partial charge on any atom is -0.395 e. The summed E-state index contributed by atoms with van der Waals surface area (Å²) in [7, 11) is 0. The lowest BCUT2D eigenvalue weighted by atomic mass is 10.1. The molecule has 0 aliphatic heterocycles. The zero-order valence-electron chi connectivity index (χ0n) is 10.6. The molecular weight excluding hydrogens is 232 g/mol. The molecular formula is C13H20N2OS. The Morgan fingerprint density at radius 2 is 2.12 bits per heavy atom. The number of hydrogen-bond donors (Lipinski definition) is 2. The lowest BCUT2D eigenvalue weighted by molar-refractivity contribution is 0.299. The average Bonchev–Trinajstić information content (AvgIpc) is 2.24. The minimum absolute atomic E-state index is 0.147. The van der Waals surface area contributed by atoms with Gasteiger partial charge >= 0.3 is 0 Å². The first-order valence-corrected chi connectivity index (χ1v) is 6.16. The summed E-state index contributed by atoms with van der Waals surface area (Å²) in [4.78, 5) is 2.57. The van der Waals surface area contributed by atoms with Gasteiger partial charge in [-0.2, -0.15) is 0 Å². The van der Waals surface area contributed by atoms with Crippen molar-refractivity contribution in [2.45, 2.75) is 26.8 Å². The summed E-state index contributed by atoms with van der Waals surface area (Å²) in [6.07, 6.45) is 0. The van der Waals surface area contributed by atoms with Gasteiger partial charge in [-0.1, -0.05) is 12.2 Å². The SMILES string of the molecule is Cc1cc(N(CCO)C(C)C)ccc1C(N)=S. The molecule has 1 aromatic rings. The molecule has 0 saturated carbocycles. The standard InChI is InChI=1S/C13H20N2OS/c1-9(2)15(6-7-16)11-4-5-12(13(14)17)10(3)8-11/h4-5,8-9,16H,6-7H2,1-3H3,(H2,14,17). The molecule has 0 bridgehead atoms. The summed E-state index contributed by atoms with van der Waals surface area (Å²) in [5.41, 5.74) is 8.71. The third kappa shape index (κ3) is 3.41. The Labute approximate surface area is 108 Å². The van der Waals surface area contributed by atoms with Crippen LogP contribution in [0.25, 0.3) is 0 Å². The third-order valence-electron chi connectivity index (χ3n) is 2.77. The van der Waals surface area contributed by atoms with E-state index in [0.717, 1.165) is 16.8 Å². The van der Waals surface area contributed by atoms with E-state index in [-0.39, 0.29) is 6.61 Å². The van der Waals surface area contributed by atoms with Gasteiger partial charge in [0.2, 0.25) is 0 Å². The van der Waals surface area contributed by atoms with Crippen molar-refractivity contribution in [3.63, 3.8) is 0 Å². The van der Waals surface area contributed by atoms with Gasteiger partial charge in [0.1, 0.15) is 4.99 Å². The molecule has 17 heavy (non-hydrogen) atoms. The molecule has 0 heterocycles. The summed E-state index contributed by atoms with van der Waals surface area (Å²) in [5, 5.41) is 9.08. The number of hydrogen-bond acceptors (Lipinski definition) is 3. The van der Waals surface area contributed by atoms with E-state index in [4.69, 9.17) is 23.1 Å². The Balaban J connectivity index is 3.06. The number of aryl methyl sites for hydroxylation is 1. The number of benzene rings is 1. The quantitative estimate of drug-likeness (QED) is 0.785. The van der Waals surface area contributed by atoms with Crippen LogP contribution in [0.5, 0.6) is 0 Å². The first-order valence-electron chi connectivity index (χ1n) is 5.75. The van der Waals surface area contributed by atoms with Gasteiger partial charge in [0.25, 0.3) is 0 Å². The highest BCUT2D eigenvalue weighted by atomic mass is 32.1. The van der Waals surface area contributed by atoms with Gasteiger partial charge < -0.3 is 15.7 Å². The maximum absolute atomic E-state index is 9.08. The Morgan fingerprint density at radius 1 is 1.47 bits per heavy atom. The van der Waals surface area contributed by atoms with Crippen LogP contribution in [0.15, 0.2) is 18.2 Å². The molecule has 0 unspecified atom stereocenters. The number of aliphatic hydroxyl groups excluding tert-OH is 1. The van der Waals surface area contributed by atoms with E-state index in [1.54, 1.807) is 0 Å². The fourth-order valence-electron chi connectivity index (χ4n) is 1.90. The van der Waals surface area contributed by atoms with Gasteiger partial charge in [0, 0.05) is 23.8 Å². The predicted octanol–water partition coefficient (Wildman–Crippen LogP) is 1.84. The maximum atomic E-state index is 9.08. The topological polar surface area (TPSA) is 49.5 Å². The fraction of sp³-hybridized carbons (Fsp3) is 0.462. The monoisotopic (exact) mass is 252 g/mol. The summed E-state index contributed by atoms with van der Waals surface area (Å²) in [5.74, 6) is 0. The number of nitrogens with zero attached hydrogens (tertiary/aromatic N) is 1. The van der Waals surface area contributed by atoms with Crippen LogP contribution in [0.1, 0.15) is 25.0 Å². The second-order valence-corrected chi connectivity index (χ2v) is 4.81. The molecule has 0 saturated heterocycles. The van der Waals surface area contributed by atoms with Crippen LogP contribution in [0.4, 0.5) is 5.69 Å². The van der Waals surface area contributed by atoms with Gasteiger partial charge in [-0.05, 0) is 44.5 Å². The normalized spacial score (nSPS) is 10.6. The van der Waals surface area contributed by atoms with Crippen molar-refractivity contribution in [1.29, 1.82) is 0 Å². The number of aliphatic hydroxyl groups is 1. The zero-order valence-corrected chi connectivity index (χ0v) is 11.4. The molecule has 3 N–H and O–H groups in total. The lowest BCUT2D eigenvalue weighted by Gasteiger charge is -2.28. The molecule has 1 rings (SSSR count). The molecule has 1 aromatic carbocycles. The molecule has 0 aliphatic rings. The number of anilines is 1. The molecule has 4 heteroatoms. The summed E-state index contributed by atoms with van der Waals surface area (Å²) in [6, 6.07) is 6.35. The zero-order chi connectivity index (χ0) is 13.0. The van der Waals surface area contributed by atoms with Gasteiger partial charge in [-0.15, -0.1) is 0 Å². The van der Waals surface area contributed by atoms with E-state index in [1.807, 2.05) is 19.1 Å². The van der Waals surface area contributed by atoms with Crippen LogP contribution in [-0.4, -0.2) is 29.3 Å². The largest absolute Gasteiger partial charge is 0.395 e. The van der Waals surface area contributed by atoms with Gasteiger partial charge in [0.15, 0.2) is 0 Å². The number of thiocarbonyl (C=S) groups is 1. The van der Waals surface area contributed by atoms with Crippen molar-refractivity contribution in [2.24, 2.45) is 5.73 Å². The third-order valence-corrected chi connectivity index (χ3v) is 2.99. The highest BCUT2D eigenvalue weighted by Gasteiger charge is 2.11. The van der Waals surface area contributed by atoms with Crippen LogP contribution < -0.4 is 10.6 Å². The Bertz CT molecular complexity index is 404. The van der Waals surface area contributed by atoms with Crippen LogP contribution in [0.2, 0.25) is 0 Å². The molecule has 0 atom stereocenters. The van der Waals surface area contributed by atoms with Crippen molar-refractivity contribution in [1.82, 2.24) is 0 Å². The van der Waals surface area contributed by atoms with Crippen LogP contribution >= 0.6 is 12.2 Å². The van der Waals surface area contributed by atoms with Gasteiger partial charge in [0.05, 0.1) is 6.61 Å². The maximum Gasteiger partial charge on any atom is 0.104 e. The van der Waals surface area contributed by atoms with Gasteiger partial charge in [-0.3, -0.25) is 0 Å². The first kappa shape index (κ1) is 13.9. The van der Waals surface area contributed by atoms with Crippen LogP contribution in [0, 0.1) is 6.92 Å². The molecule has 0 amide bonds. The molecule has 0 radical (unpaired) electrons. The minimum atomic E-state index is 0.147. The molecule has 94 valence electrons. The number of rotatable bonds is 5. The molecule has 0 aromatic heterocycles. The molecule has 0 spiro atoms. The van der Waals surface area contributed by atoms with E-state index in [2.05, 4.69) is 24.8 Å². The van der Waals surface area contributed by atoms with Crippen molar-refractivity contribution < 1.29 is 5.11 Å². The van der Waals surface area contributed by atoms with E-state index in [9.17, 15) is 0 Å². The smallest absolute Gasteiger partial charge is 0.104 e. The average molecular weight is 252 g/mol. The van der Waals surface area contributed by atoms with E-state index in [1.165, 1.54) is 0 Å². The predicted molar refractivity (Wildman–Crippen MR) is 76.6 cm³/mol. The van der Waals surface area contributed by atoms with Crippen LogP contribution in [0.3, 0.4) is 0 Å². The Kier molecular flexibility index (Phi) is 4.90. The van der Waals surface area contributed by atoms with E-state index < -0.39 is 0 Å². The summed E-state index contributed by atoms with van der Waals surface area (Å²) in [6.45, 7) is 6.98. The highest BCUT2D eigenvalue weighted by molar-refractivity contribution is 7.80. The molecule has 0 fully saturated rings. The van der Waals surface area contributed by atoms with Crippen LogP contribution in [-0.2, 0) is 0 Å². The summed E-state index contributed by atoms with van der Waals surface area (Å²) >= 11 is 4.99.